The molecule has 3 aliphatic carbocycles. The summed E-state index contributed by atoms with van der Waals surface area (Å²) < 4.78 is 5.54. The Labute approximate surface area is 432 Å². The average Bonchev–Trinajstić information content (AvgIpc) is 4.08. The zero-order chi connectivity index (χ0) is 49.2. The molecule has 10 aromatic rings. The third-order valence-electron chi connectivity index (χ3n) is 17.6. The van der Waals surface area contributed by atoms with Gasteiger partial charge in [-0.25, -0.2) is 0 Å². The van der Waals surface area contributed by atoms with Crippen LogP contribution in [0.15, 0.2) is 169 Å². The van der Waals surface area contributed by atoms with Crippen molar-refractivity contribution in [2.45, 2.75) is 97.8 Å². The molecule has 4 aliphatic rings. The standard InChI is InChI=1S/C68H60N2S2/c1-10-40-18-12-17-23-57(40)69(41-25-27-46-44-19-13-15-21-52(44)66(4,5)54(46)35-41)58-32-29-48-50-37-62-51(38-61(50)71-64(48)43(58)11-2)49-30-33-60-63(65(49)72-62)68(8,9)56-34-39(3)24-31-59(56)70(60)42-26-28-47-45-20-14-16-22-53(45)67(6,7)55(47)36-42/h12-33,35-39H,10-11,34H2,1-9H3. The third kappa shape index (κ3) is 5.94. The first-order valence-corrected chi connectivity index (χ1v) is 27.9. The average molecular weight is 969 g/mol. The molecule has 1 aliphatic heterocycles. The van der Waals surface area contributed by atoms with Crippen molar-refractivity contribution in [3.63, 3.8) is 0 Å². The number of para-hydroxylation sites is 1. The Kier molecular flexibility index (Phi) is 9.42. The Balaban J connectivity index is 0.930. The predicted molar refractivity (Wildman–Crippen MR) is 312 cm³/mol. The molecule has 0 saturated heterocycles. The highest BCUT2D eigenvalue weighted by Gasteiger charge is 2.43. The number of rotatable bonds is 6. The number of fused-ring (bicyclic) bond motifs is 14. The van der Waals surface area contributed by atoms with Crippen LogP contribution in [0, 0.1) is 5.92 Å². The van der Waals surface area contributed by atoms with Gasteiger partial charge < -0.3 is 9.80 Å². The highest BCUT2D eigenvalue weighted by Crippen LogP contribution is 2.58. The second kappa shape index (κ2) is 15.4. The summed E-state index contributed by atoms with van der Waals surface area (Å²) in [6.45, 7) is 21.6. The zero-order valence-corrected chi connectivity index (χ0v) is 44.6. The number of allylic oxidation sites excluding steroid dienone is 3. The Morgan fingerprint density at radius 2 is 1.14 bits per heavy atom. The Hall–Kier alpha value is -6.72. The van der Waals surface area contributed by atoms with Crippen LogP contribution in [0.1, 0.15) is 108 Å². The summed E-state index contributed by atoms with van der Waals surface area (Å²) in [6, 6.07) is 56.4. The van der Waals surface area contributed by atoms with E-state index in [1.807, 2.05) is 22.7 Å². The Morgan fingerprint density at radius 1 is 0.542 bits per heavy atom. The minimum absolute atomic E-state index is 0.0765. The lowest BCUT2D eigenvalue weighted by Crippen LogP contribution is -2.36. The SMILES string of the molecule is CCc1ccccc1N(c1ccc2c(c1)C(C)(C)c1ccccc1-2)c1ccc2c(sc3cc4c(cc32)sc2c3c(ccc24)N(c2ccc4c(c2)C(C)(C)c2ccccc2-4)C2=C(CC(C)C=C2)C3(C)C)c1CC. The van der Waals surface area contributed by atoms with Gasteiger partial charge in [-0.2, -0.15) is 0 Å². The van der Waals surface area contributed by atoms with Crippen molar-refractivity contribution < 1.29 is 0 Å². The van der Waals surface area contributed by atoms with E-state index in [-0.39, 0.29) is 16.2 Å². The number of thiophene rings is 2. The molecule has 14 rings (SSSR count). The van der Waals surface area contributed by atoms with Crippen LogP contribution in [0.3, 0.4) is 0 Å². The highest BCUT2D eigenvalue weighted by atomic mass is 32.1. The van der Waals surface area contributed by atoms with Gasteiger partial charge in [-0.15, -0.1) is 22.7 Å². The van der Waals surface area contributed by atoms with Gasteiger partial charge in [0.2, 0.25) is 0 Å². The van der Waals surface area contributed by atoms with E-state index in [9.17, 15) is 0 Å². The molecule has 8 aromatic carbocycles. The van der Waals surface area contributed by atoms with Crippen LogP contribution in [0.4, 0.5) is 28.4 Å². The van der Waals surface area contributed by atoms with Gasteiger partial charge in [0.05, 0.1) is 11.4 Å². The molecule has 4 heteroatoms. The fraction of sp³-hybridized carbons (Fsp3) is 0.235. The van der Waals surface area contributed by atoms with Crippen LogP contribution in [0.5, 0.6) is 0 Å². The summed E-state index contributed by atoms with van der Waals surface area (Å²) in [5.41, 5.74) is 24.2. The van der Waals surface area contributed by atoms with E-state index in [1.54, 1.807) is 0 Å². The molecular weight excluding hydrogens is 909 g/mol. The molecule has 2 aromatic heterocycles. The summed E-state index contributed by atoms with van der Waals surface area (Å²) in [5.74, 6) is 0.488. The normalized spacial score (nSPS) is 17.6. The van der Waals surface area contributed by atoms with Crippen molar-refractivity contribution in [1.82, 2.24) is 0 Å². The lowest BCUT2D eigenvalue weighted by molar-refractivity contribution is 0.536. The Bertz CT molecular complexity index is 4050. The molecule has 72 heavy (non-hydrogen) atoms. The molecule has 0 amide bonds. The second-order valence-corrected chi connectivity index (χ2v) is 24.8. The Morgan fingerprint density at radius 3 is 1.83 bits per heavy atom. The molecular formula is C68H60N2S2. The van der Waals surface area contributed by atoms with E-state index in [2.05, 4.69) is 230 Å². The maximum atomic E-state index is 2.61. The van der Waals surface area contributed by atoms with Gasteiger partial charge in [-0.05, 0) is 147 Å². The van der Waals surface area contributed by atoms with Crippen molar-refractivity contribution in [3.8, 4) is 22.3 Å². The maximum absolute atomic E-state index is 2.61. The first kappa shape index (κ1) is 44.0. The zero-order valence-electron chi connectivity index (χ0n) is 42.9. The van der Waals surface area contributed by atoms with Crippen LogP contribution >= 0.6 is 22.7 Å². The summed E-state index contributed by atoms with van der Waals surface area (Å²) >= 11 is 3.99. The highest BCUT2D eigenvalue weighted by molar-refractivity contribution is 7.27. The van der Waals surface area contributed by atoms with Gasteiger partial charge >= 0.3 is 0 Å². The first-order valence-electron chi connectivity index (χ1n) is 26.3. The van der Waals surface area contributed by atoms with E-state index in [1.165, 1.54) is 141 Å². The van der Waals surface area contributed by atoms with Gasteiger partial charge in [0.15, 0.2) is 0 Å². The maximum Gasteiger partial charge on any atom is 0.0516 e. The van der Waals surface area contributed by atoms with Crippen molar-refractivity contribution >= 4 is 91.5 Å². The fourth-order valence-corrected chi connectivity index (χ4v) is 16.6. The number of nitrogens with zero attached hydrogens (tertiary/aromatic N) is 2. The van der Waals surface area contributed by atoms with Crippen LogP contribution in [-0.2, 0) is 29.1 Å². The molecule has 2 nitrogen and oxygen atoms in total. The van der Waals surface area contributed by atoms with Crippen LogP contribution < -0.4 is 9.80 Å². The van der Waals surface area contributed by atoms with E-state index in [0.717, 1.165) is 19.3 Å². The molecule has 3 heterocycles. The van der Waals surface area contributed by atoms with Gasteiger partial charge in [-0.3, -0.25) is 0 Å². The molecule has 0 radical (unpaired) electrons. The molecule has 354 valence electrons. The van der Waals surface area contributed by atoms with Gasteiger partial charge in [0.25, 0.3) is 0 Å². The largest absolute Gasteiger partial charge is 0.310 e. The lowest BCUT2D eigenvalue weighted by Gasteiger charge is -2.45. The van der Waals surface area contributed by atoms with Crippen molar-refractivity contribution in [2.75, 3.05) is 9.80 Å². The summed E-state index contributed by atoms with van der Waals surface area (Å²) in [4.78, 5) is 5.19. The number of anilines is 5. The van der Waals surface area contributed by atoms with Crippen molar-refractivity contribution in [3.05, 3.63) is 208 Å². The molecule has 0 N–H and O–H groups in total. The van der Waals surface area contributed by atoms with Crippen molar-refractivity contribution in [2.24, 2.45) is 5.92 Å². The predicted octanol–water partition coefficient (Wildman–Crippen LogP) is 19.9. The molecule has 0 saturated carbocycles. The minimum Gasteiger partial charge on any atom is -0.310 e. The topological polar surface area (TPSA) is 6.48 Å². The smallest absolute Gasteiger partial charge is 0.0516 e. The third-order valence-corrected chi connectivity index (χ3v) is 20.0. The number of hydrogen-bond acceptors (Lipinski definition) is 4. The summed E-state index contributed by atoms with van der Waals surface area (Å²) in [5, 5.41) is 5.46. The number of benzene rings is 8. The van der Waals surface area contributed by atoms with Gasteiger partial charge in [0.1, 0.15) is 0 Å². The van der Waals surface area contributed by atoms with Crippen LogP contribution in [0.25, 0.3) is 62.6 Å². The van der Waals surface area contributed by atoms with E-state index < -0.39 is 0 Å². The molecule has 1 atom stereocenters. The lowest BCUT2D eigenvalue weighted by atomic mass is 9.68. The van der Waals surface area contributed by atoms with Crippen LogP contribution in [0.2, 0.25) is 0 Å². The van der Waals surface area contributed by atoms with E-state index >= 15 is 0 Å². The molecule has 0 spiro atoms. The number of hydrogen-bond donors (Lipinski definition) is 0. The number of aryl methyl sites for hydroxylation is 2. The second-order valence-electron chi connectivity index (χ2n) is 22.7. The molecule has 1 unspecified atom stereocenters. The van der Waals surface area contributed by atoms with E-state index in [4.69, 9.17) is 0 Å². The first-order chi connectivity index (χ1) is 34.8. The van der Waals surface area contributed by atoms with Crippen molar-refractivity contribution in [1.29, 1.82) is 0 Å². The summed E-state index contributed by atoms with van der Waals surface area (Å²) in [7, 11) is 0. The van der Waals surface area contributed by atoms with Crippen LogP contribution in [-0.4, -0.2) is 0 Å². The molecule has 0 bridgehead atoms. The summed E-state index contributed by atoms with van der Waals surface area (Å²) in [6.07, 6.45) is 7.80. The fourth-order valence-electron chi connectivity index (χ4n) is 13.8. The quantitative estimate of drug-likeness (QED) is 0.164. The van der Waals surface area contributed by atoms with Gasteiger partial charge in [-0.1, -0.05) is 159 Å². The minimum atomic E-state index is -0.149. The van der Waals surface area contributed by atoms with E-state index in [0.29, 0.717) is 5.92 Å². The molecule has 0 fully saturated rings. The van der Waals surface area contributed by atoms with Gasteiger partial charge in [0, 0.05) is 84.9 Å². The monoisotopic (exact) mass is 968 g/mol.